The number of fused-ring (bicyclic) bond motifs is 1. The minimum absolute atomic E-state index is 0.00736. The molecule has 0 unspecified atom stereocenters. The molecule has 2 heterocycles. The zero-order valence-electron chi connectivity index (χ0n) is 20.6. The molecule has 1 aliphatic rings. The highest BCUT2D eigenvalue weighted by atomic mass is 19.4. The number of aromatic nitrogens is 2. The minimum Gasteiger partial charge on any atom is -0.444 e. The van der Waals surface area contributed by atoms with Crippen LogP contribution in [-0.4, -0.2) is 32.9 Å². The maximum atomic E-state index is 13.5. The first-order valence-corrected chi connectivity index (χ1v) is 11.7. The maximum Gasteiger partial charge on any atom is 0.416 e. The average molecular weight is 517 g/mol. The number of nitrogens with zero attached hydrogens (tertiary/aromatic N) is 3. The number of benzene rings is 2. The normalized spacial score (nSPS) is 13.6. The van der Waals surface area contributed by atoms with Gasteiger partial charge in [0.25, 0.3) is 5.56 Å². The molecule has 1 aliphatic heterocycles. The number of nitrogens with one attached hydrogen (secondary N) is 1. The lowest BCUT2D eigenvalue weighted by atomic mass is 10.1. The molecule has 11 heteroatoms. The van der Waals surface area contributed by atoms with Crippen LogP contribution in [0.2, 0.25) is 0 Å². The summed E-state index contributed by atoms with van der Waals surface area (Å²) < 4.78 is 45.1. The Morgan fingerprint density at radius 1 is 1.05 bits per heavy atom. The van der Waals surface area contributed by atoms with Gasteiger partial charge in [0.1, 0.15) is 5.60 Å². The summed E-state index contributed by atoms with van der Waals surface area (Å²) in [5.41, 5.74) is -0.569. The fourth-order valence-corrected chi connectivity index (χ4v) is 3.72. The molecule has 0 bridgehead atoms. The van der Waals surface area contributed by atoms with Crippen molar-refractivity contribution >= 4 is 12.0 Å². The summed E-state index contributed by atoms with van der Waals surface area (Å²) >= 11 is 0. The van der Waals surface area contributed by atoms with Gasteiger partial charge in [-0.05, 0) is 50.6 Å². The van der Waals surface area contributed by atoms with E-state index in [4.69, 9.17) is 9.57 Å². The smallest absolute Gasteiger partial charge is 0.416 e. The van der Waals surface area contributed by atoms with E-state index in [0.29, 0.717) is 35.5 Å². The quantitative estimate of drug-likeness (QED) is 0.513. The van der Waals surface area contributed by atoms with E-state index in [1.54, 1.807) is 51.1 Å². The number of alkyl halides is 3. The topological polar surface area (TPSA) is 85.7 Å². The van der Waals surface area contributed by atoms with Crippen LogP contribution in [0, 0.1) is 0 Å². The molecule has 3 aromatic rings. The predicted molar refractivity (Wildman–Crippen MR) is 130 cm³/mol. The molecular formula is C26H27F3N4O4. The van der Waals surface area contributed by atoms with Crippen molar-refractivity contribution in [3.05, 3.63) is 87.3 Å². The monoisotopic (exact) mass is 516 g/mol. The number of ether oxygens (including phenoxy) is 1. The van der Waals surface area contributed by atoms with Crippen LogP contribution in [0.15, 0.2) is 59.4 Å². The van der Waals surface area contributed by atoms with E-state index in [2.05, 4.69) is 10.3 Å². The van der Waals surface area contributed by atoms with Gasteiger partial charge >= 0.3 is 12.3 Å². The van der Waals surface area contributed by atoms with Gasteiger partial charge in [0.15, 0.2) is 5.75 Å². The van der Waals surface area contributed by atoms with Gasteiger partial charge in [0, 0.05) is 19.5 Å². The third-order valence-electron chi connectivity index (χ3n) is 5.52. The highest BCUT2D eigenvalue weighted by Gasteiger charge is 2.31. The van der Waals surface area contributed by atoms with Crippen LogP contribution in [0.4, 0.5) is 23.9 Å². The van der Waals surface area contributed by atoms with E-state index in [9.17, 15) is 22.8 Å². The molecule has 2 aromatic carbocycles. The standard InChI is InChI=1S/C26H27F3N4O4/c1-25(2,3)36-24(35)32-14-13-21-20(16-32)22(34)33(37-19-7-5-4-6-8-19)23(31-21)30-15-17-9-11-18(12-10-17)26(27,28)29/h4-12H,13-16H2,1-3H3,(H,30,31). The zero-order chi connectivity index (χ0) is 26.8. The Kier molecular flexibility index (Phi) is 7.15. The van der Waals surface area contributed by atoms with Crippen molar-refractivity contribution in [3.63, 3.8) is 0 Å². The largest absolute Gasteiger partial charge is 0.444 e. The minimum atomic E-state index is -4.43. The number of carbonyl (C=O) groups excluding carboxylic acids is 1. The number of para-hydroxylation sites is 1. The van der Waals surface area contributed by atoms with E-state index in [1.807, 2.05) is 0 Å². The number of carbonyl (C=O) groups is 1. The fraction of sp³-hybridized carbons (Fsp3) is 0.346. The van der Waals surface area contributed by atoms with Crippen LogP contribution in [0.5, 0.6) is 5.75 Å². The molecule has 196 valence electrons. The third kappa shape index (κ3) is 6.41. The molecule has 0 aliphatic carbocycles. The Bertz CT molecular complexity index is 1320. The summed E-state index contributed by atoms with van der Waals surface area (Å²) in [5, 5.41) is 3.00. The molecule has 1 aromatic heterocycles. The Morgan fingerprint density at radius 3 is 2.35 bits per heavy atom. The summed E-state index contributed by atoms with van der Waals surface area (Å²) in [6, 6.07) is 13.3. The van der Waals surface area contributed by atoms with Crippen LogP contribution in [-0.2, 0) is 30.4 Å². The molecule has 0 saturated heterocycles. The second kappa shape index (κ2) is 10.2. The number of hydrogen-bond donors (Lipinski definition) is 1. The van der Waals surface area contributed by atoms with Crippen molar-refractivity contribution in [1.82, 2.24) is 14.6 Å². The first-order chi connectivity index (χ1) is 17.4. The van der Waals surface area contributed by atoms with Crippen molar-refractivity contribution in [3.8, 4) is 5.75 Å². The van der Waals surface area contributed by atoms with Gasteiger partial charge in [0.2, 0.25) is 5.95 Å². The van der Waals surface area contributed by atoms with Crippen LogP contribution < -0.4 is 15.7 Å². The van der Waals surface area contributed by atoms with E-state index in [0.717, 1.165) is 16.9 Å². The third-order valence-corrected chi connectivity index (χ3v) is 5.52. The van der Waals surface area contributed by atoms with Crippen LogP contribution in [0.25, 0.3) is 0 Å². The molecule has 0 fully saturated rings. The summed E-state index contributed by atoms with van der Waals surface area (Å²) in [7, 11) is 0. The number of anilines is 1. The number of rotatable bonds is 5. The highest BCUT2D eigenvalue weighted by molar-refractivity contribution is 5.68. The number of amides is 1. The predicted octanol–water partition coefficient (Wildman–Crippen LogP) is 5.01. The van der Waals surface area contributed by atoms with E-state index < -0.39 is 29.0 Å². The molecule has 0 spiro atoms. The Morgan fingerprint density at radius 2 is 1.73 bits per heavy atom. The molecular weight excluding hydrogens is 489 g/mol. The molecule has 1 N–H and O–H groups in total. The van der Waals surface area contributed by atoms with Crippen LogP contribution >= 0.6 is 0 Å². The van der Waals surface area contributed by atoms with Crippen LogP contribution in [0.3, 0.4) is 0 Å². The highest BCUT2D eigenvalue weighted by Crippen LogP contribution is 2.29. The molecule has 1 amide bonds. The molecule has 8 nitrogen and oxygen atoms in total. The second-order valence-corrected chi connectivity index (χ2v) is 9.56. The van der Waals surface area contributed by atoms with Crippen molar-refractivity contribution < 1.29 is 27.5 Å². The summed E-state index contributed by atoms with van der Waals surface area (Å²) in [4.78, 5) is 37.9. The molecule has 0 radical (unpaired) electrons. The number of hydrogen-bond acceptors (Lipinski definition) is 6. The van der Waals surface area contributed by atoms with Crippen LogP contribution in [0.1, 0.15) is 43.2 Å². The lowest BCUT2D eigenvalue weighted by Crippen LogP contribution is -2.44. The van der Waals surface area contributed by atoms with Gasteiger partial charge < -0.3 is 19.8 Å². The molecule has 37 heavy (non-hydrogen) atoms. The summed E-state index contributed by atoms with van der Waals surface area (Å²) in [5.74, 6) is 0.474. The van der Waals surface area contributed by atoms with Crippen molar-refractivity contribution in [1.29, 1.82) is 0 Å². The maximum absolute atomic E-state index is 13.5. The molecule has 0 saturated carbocycles. The van der Waals surface area contributed by atoms with Gasteiger partial charge in [-0.2, -0.15) is 13.2 Å². The molecule has 0 atom stereocenters. The second-order valence-electron chi connectivity index (χ2n) is 9.56. The molecule has 4 rings (SSSR count). The average Bonchev–Trinajstić information content (AvgIpc) is 2.84. The Balaban J connectivity index is 1.63. The zero-order valence-corrected chi connectivity index (χ0v) is 20.6. The Hall–Kier alpha value is -4.02. The Labute approximate surface area is 211 Å². The van der Waals surface area contributed by atoms with Gasteiger partial charge in [-0.1, -0.05) is 30.3 Å². The fourth-order valence-electron chi connectivity index (χ4n) is 3.72. The van der Waals surface area contributed by atoms with Gasteiger partial charge in [-0.3, -0.25) is 4.79 Å². The van der Waals surface area contributed by atoms with Crippen molar-refractivity contribution in [2.75, 3.05) is 11.9 Å². The lowest BCUT2D eigenvalue weighted by Gasteiger charge is -2.31. The summed E-state index contributed by atoms with van der Waals surface area (Å²) in [6.45, 7) is 5.72. The summed E-state index contributed by atoms with van der Waals surface area (Å²) in [6.07, 6.45) is -4.63. The van der Waals surface area contributed by atoms with Gasteiger partial charge in [-0.15, -0.1) is 4.73 Å². The van der Waals surface area contributed by atoms with E-state index >= 15 is 0 Å². The SMILES string of the molecule is CC(C)(C)OC(=O)N1CCc2nc(NCc3ccc(C(F)(F)F)cc3)n(Oc3ccccc3)c(=O)c2C1. The first-order valence-electron chi connectivity index (χ1n) is 11.7. The van der Waals surface area contributed by atoms with E-state index in [-0.39, 0.29) is 19.0 Å². The number of halogens is 3. The van der Waals surface area contributed by atoms with Gasteiger partial charge in [0.05, 0.1) is 23.4 Å². The van der Waals surface area contributed by atoms with Crippen molar-refractivity contribution in [2.45, 2.75) is 52.1 Å². The first kappa shape index (κ1) is 26.1. The van der Waals surface area contributed by atoms with E-state index in [1.165, 1.54) is 17.0 Å². The lowest BCUT2D eigenvalue weighted by molar-refractivity contribution is -0.137. The van der Waals surface area contributed by atoms with Crippen molar-refractivity contribution in [2.24, 2.45) is 0 Å². The van der Waals surface area contributed by atoms with Gasteiger partial charge in [-0.25, -0.2) is 9.78 Å².